The predicted octanol–water partition coefficient (Wildman–Crippen LogP) is 1.39. The Morgan fingerprint density at radius 1 is 1.32 bits per heavy atom. The SMILES string of the molecule is CCOC(=O)CNC(=O)/C=C/c1ccccc1OC. The molecule has 0 saturated carbocycles. The van der Waals surface area contributed by atoms with Gasteiger partial charge < -0.3 is 14.8 Å². The largest absolute Gasteiger partial charge is 0.496 e. The number of para-hydroxylation sites is 1. The third kappa shape index (κ3) is 5.25. The second-order valence-electron chi connectivity index (χ2n) is 3.60. The van der Waals surface area contributed by atoms with Gasteiger partial charge in [-0.1, -0.05) is 18.2 Å². The fraction of sp³-hybridized carbons (Fsp3) is 0.286. The Kier molecular flexibility index (Phi) is 6.15. The zero-order chi connectivity index (χ0) is 14.1. The van der Waals surface area contributed by atoms with Gasteiger partial charge in [0, 0.05) is 11.6 Å². The molecule has 0 unspecified atom stereocenters. The van der Waals surface area contributed by atoms with Crippen LogP contribution in [0.1, 0.15) is 12.5 Å². The monoisotopic (exact) mass is 263 g/mol. The molecule has 19 heavy (non-hydrogen) atoms. The van der Waals surface area contributed by atoms with E-state index in [9.17, 15) is 9.59 Å². The van der Waals surface area contributed by atoms with Crippen molar-refractivity contribution in [1.82, 2.24) is 5.32 Å². The Hall–Kier alpha value is -2.30. The summed E-state index contributed by atoms with van der Waals surface area (Å²) < 4.78 is 9.84. The molecule has 0 fully saturated rings. The van der Waals surface area contributed by atoms with E-state index in [2.05, 4.69) is 5.32 Å². The summed E-state index contributed by atoms with van der Waals surface area (Å²) in [6, 6.07) is 7.32. The molecule has 1 rings (SSSR count). The van der Waals surface area contributed by atoms with Crippen LogP contribution in [0.4, 0.5) is 0 Å². The number of carbonyl (C=O) groups is 2. The van der Waals surface area contributed by atoms with Crippen LogP contribution in [-0.4, -0.2) is 32.1 Å². The number of carbonyl (C=O) groups excluding carboxylic acids is 2. The first kappa shape index (κ1) is 14.8. The Morgan fingerprint density at radius 3 is 2.74 bits per heavy atom. The van der Waals surface area contributed by atoms with Gasteiger partial charge in [0.2, 0.25) is 5.91 Å². The third-order valence-corrected chi connectivity index (χ3v) is 2.27. The molecule has 1 N–H and O–H groups in total. The van der Waals surface area contributed by atoms with Crippen molar-refractivity contribution in [2.45, 2.75) is 6.92 Å². The summed E-state index contributed by atoms with van der Waals surface area (Å²) >= 11 is 0. The van der Waals surface area contributed by atoms with Crippen LogP contribution in [0, 0.1) is 0 Å². The summed E-state index contributed by atoms with van der Waals surface area (Å²) in [5.41, 5.74) is 0.788. The second kappa shape index (κ2) is 7.92. The maximum Gasteiger partial charge on any atom is 0.325 e. The minimum absolute atomic E-state index is 0.136. The molecule has 0 spiro atoms. The highest BCUT2D eigenvalue weighted by molar-refractivity contribution is 5.93. The van der Waals surface area contributed by atoms with Crippen molar-refractivity contribution >= 4 is 18.0 Å². The van der Waals surface area contributed by atoms with Gasteiger partial charge in [-0.2, -0.15) is 0 Å². The van der Waals surface area contributed by atoms with Crippen molar-refractivity contribution < 1.29 is 19.1 Å². The van der Waals surface area contributed by atoms with Gasteiger partial charge in [0.05, 0.1) is 13.7 Å². The Morgan fingerprint density at radius 2 is 2.05 bits per heavy atom. The fourth-order valence-electron chi connectivity index (χ4n) is 1.40. The Balaban J connectivity index is 2.52. The molecule has 5 heteroatoms. The lowest BCUT2D eigenvalue weighted by atomic mass is 10.2. The minimum atomic E-state index is -0.457. The molecule has 1 aromatic rings. The van der Waals surface area contributed by atoms with E-state index in [0.29, 0.717) is 12.4 Å². The van der Waals surface area contributed by atoms with Crippen LogP contribution in [0.15, 0.2) is 30.3 Å². The van der Waals surface area contributed by atoms with Crippen molar-refractivity contribution in [2.75, 3.05) is 20.3 Å². The highest BCUT2D eigenvalue weighted by Gasteiger charge is 2.03. The first-order chi connectivity index (χ1) is 9.17. The maximum atomic E-state index is 11.5. The van der Waals surface area contributed by atoms with E-state index in [1.165, 1.54) is 6.08 Å². The molecule has 0 aliphatic carbocycles. The number of benzene rings is 1. The van der Waals surface area contributed by atoms with E-state index in [-0.39, 0.29) is 12.5 Å². The molecular weight excluding hydrogens is 246 g/mol. The summed E-state index contributed by atoms with van der Waals surface area (Å²) in [6.07, 6.45) is 2.97. The molecule has 1 amide bonds. The number of rotatable bonds is 6. The van der Waals surface area contributed by atoms with Crippen LogP contribution in [0.2, 0.25) is 0 Å². The van der Waals surface area contributed by atoms with E-state index < -0.39 is 5.97 Å². The fourth-order valence-corrected chi connectivity index (χ4v) is 1.40. The lowest BCUT2D eigenvalue weighted by molar-refractivity contribution is -0.143. The summed E-state index contributed by atoms with van der Waals surface area (Å²) in [6.45, 7) is 1.87. The van der Waals surface area contributed by atoms with Crippen molar-refractivity contribution in [3.8, 4) is 5.75 Å². The number of ether oxygens (including phenoxy) is 2. The molecule has 0 bridgehead atoms. The molecule has 0 saturated heterocycles. The molecule has 1 aromatic carbocycles. The van der Waals surface area contributed by atoms with Crippen LogP contribution in [0.3, 0.4) is 0 Å². The summed E-state index contributed by atoms with van der Waals surface area (Å²) in [7, 11) is 1.56. The van der Waals surface area contributed by atoms with Gasteiger partial charge in [-0.25, -0.2) is 0 Å². The summed E-state index contributed by atoms with van der Waals surface area (Å²) in [5.74, 6) is -0.141. The molecule has 0 atom stereocenters. The number of amides is 1. The molecule has 0 aliphatic rings. The van der Waals surface area contributed by atoms with Crippen molar-refractivity contribution in [2.24, 2.45) is 0 Å². The van der Waals surface area contributed by atoms with E-state index in [1.807, 2.05) is 18.2 Å². The third-order valence-electron chi connectivity index (χ3n) is 2.27. The van der Waals surface area contributed by atoms with Crippen LogP contribution in [0.25, 0.3) is 6.08 Å². The highest BCUT2D eigenvalue weighted by atomic mass is 16.5. The van der Waals surface area contributed by atoms with Crippen molar-refractivity contribution in [1.29, 1.82) is 0 Å². The molecule has 5 nitrogen and oxygen atoms in total. The van der Waals surface area contributed by atoms with E-state index in [1.54, 1.807) is 26.2 Å². The molecule has 102 valence electrons. The van der Waals surface area contributed by atoms with Gasteiger partial charge >= 0.3 is 5.97 Å². The van der Waals surface area contributed by atoms with E-state index in [0.717, 1.165) is 5.56 Å². The number of hydrogen-bond acceptors (Lipinski definition) is 4. The van der Waals surface area contributed by atoms with Gasteiger partial charge in [0.25, 0.3) is 0 Å². The number of hydrogen-bond donors (Lipinski definition) is 1. The number of nitrogens with one attached hydrogen (secondary N) is 1. The van der Waals surface area contributed by atoms with Gasteiger partial charge in [-0.3, -0.25) is 9.59 Å². The van der Waals surface area contributed by atoms with Crippen LogP contribution in [0.5, 0.6) is 5.75 Å². The first-order valence-corrected chi connectivity index (χ1v) is 5.92. The average molecular weight is 263 g/mol. The molecule has 0 aliphatic heterocycles. The lowest BCUT2D eigenvalue weighted by Gasteiger charge is -2.04. The lowest BCUT2D eigenvalue weighted by Crippen LogP contribution is -2.29. The predicted molar refractivity (Wildman–Crippen MR) is 71.7 cm³/mol. The van der Waals surface area contributed by atoms with Gasteiger partial charge in [0.15, 0.2) is 0 Å². The summed E-state index contributed by atoms with van der Waals surface area (Å²) in [4.78, 5) is 22.5. The highest BCUT2D eigenvalue weighted by Crippen LogP contribution is 2.18. The van der Waals surface area contributed by atoms with E-state index in [4.69, 9.17) is 9.47 Å². The standard InChI is InChI=1S/C14H17NO4/c1-3-19-14(17)10-15-13(16)9-8-11-6-4-5-7-12(11)18-2/h4-9H,3,10H2,1-2H3,(H,15,16)/b9-8+. The zero-order valence-corrected chi connectivity index (χ0v) is 11.0. The van der Waals surface area contributed by atoms with Crippen LogP contribution in [-0.2, 0) is 14.3 Å². The normalized spacial score (nSPS) is 10.2. The smallest absolute Gasteiger partial charge is 0.325 e. The van der Waals surface area contributed by atoms with Crippen LogP contribution >= 0.6 is 0 Å². The number of methoxy groups -OCH3 is 1. The van der Waals surface area contributed by atoms with Crippen molar-refractivity contribution in [3.63, 3.8) is 0 Å². The van der Waals surface area contributed by atoms with E-state index >= 15 is 0 Å². The summed E-state index contributed by atoms with van der Waals surface area (Å²) in [5, 5.41) is 2.43. The average Bonchev–Trinajstić information content (AvgIpc) is 2.43. The van der Waals surface area contributed by atoms with Gasteiger partial charge in [-0.15, -0.1) is 0 Å². The molecule has 0 aromatic heterocycles. The minimum Gasteiger partial charge on any atom is -0.496 e. The topological polar surface area (TPSA) is 64.6 Å². The molecule has 0 heterocycles. The number of esters is 1. The van der Waals surface area contributed by atoms with Crippen molar-refractivity contribution in [3.05, 3.63) is 35.9 Å². The maximum absolute atomic E-state index is 11.5. The Bertz CT molecular complexity index is 468. The van der Waals surface area contributed by atoms with Gasteiger partial charge in [0.1, 0.15) is 12.3 Å². The second-order valence-corrected chi connectivity index (χ2v) is 3.60. The first-order valence-electron chi connectivity index (χ1n) is 5.92. The van der Waals surface area contributed by atoms with Gasteiger partial charge in [-0.05, 0) is 19.1 Å². The Labute approximate surface area is 112 Å². The molecular formula is C14H17NO4. The quantitative estimate of drug-likeness (QED) is 0.622. The zero-order valence-electron chi connectivity index (χ0n) is 11.0. The van der Waals surface area contributed by atoms with Crippen LogP contribution < -0.4 is 10.1 Å². The molecule has 0 radical (unpaired) electrons.